The lowest BCUT2D eigenvalue weighted by molar-refractivity contribution is 0.281. The van der Waals surface area contributed by atoms with E-state index in [1.54, 1.807) is 0 Å². The van der Waals surface area contributed by atoms with Crippen LogP contribution in [-0.4, -0.2) is 49.7 Å². The zero-order chi connectivity index (χ0) is 27.6. The molecule has 10 heteroatoms. The molecule has 0 bridgehead atoms. The SMILES string of the molecule is CCNC(=S)N/N=C(CCCCO[Si]1(c2ccccc2)c2ccccc2C1(C)C)\C(C)=N\NC(=S)NCC. The van der Waals surface area contributed by atoms with Crippen LogP contribution in [0.3, 0.4) is 0 Å². The van der Waals surface area contributed by atoms with Crippen molar-refractivity contribution in [3.8, 4) is 0 Å². The van der Waals surface area contributed by atoms with Crippen molar-refractivity contribution in [2.45, 2.75) is 58.9 Å². The Hall–Kier alpha value is -2.66. The van der Waals surface area contributed by atoms with Crippen LogP contribution in [0.25, 0.3) is 0 Å². The van der Waals surface area contributed by atoms with Crippen molar-refractivity contribution in [3.63, 3.8) is 0 Å². The monoisotopic (exact) mass is 568 g/mol. The van der Waals surface area contributed by atoms with E-state index in [2.05, 4.69) is 100 Å². The number of hydrogen-bond donors (Lipinski definition) is 4. The van der Waals surface area contributed by atoms with Crippen molar-refractivity contribution in [1.82, 2.24) is 21.5 Å². The average molecular weight is 569 g/mol. The maximum Gasteiger partial charge on any atom is 0.265 e. The average Bonchev–Trinajstić information content (AvgIpc) is 2.91. The largest absolute Gasteiger partial charge is 0.407 e. The fraction of sp³-hybridized carbons (Fsp3) is 0.429. The molecule has 204 valence electrons. The van der Waals surface area contributed by atoms with Crippen LogP contribution in [0.5, 0.6) is 0 Å². The number of nitrogens with one attached hydrogen (secondary N) is 4. The molecule has 0 radical (unpaired) electrons. The van der Waals surface area contributed by atoms with E-state index in [0.29, 0.717) is 16.8 Å². The zero-order valence-corrected chi connectivity index (χ0v) is 25.7. The Morgan fingerprint density at radius 3 is 2.13 bits per heavy atom. The molecule has 4 N–H and O–H groups in total. The van der Waals surface area contributed by atoms with Gasteiger partial charge in [0.2, 0.25) is 0 Å². The smallest absolute Gasteiger partial charge is 0.265 e. The van der Waals surface area contributed by atoms with E-state index >= 15 is 0 Å². The van der Waals surface area contributed by atoms with Crippen molar-refractivity contribution >= 4 is 64.8 Å². The molecule has 1 aliphatic heterocycles. The van der Waals surface area contributed by atoms with Gasteiger partial charge in [0.25, 0.3) is 8.32 Å². The van der Waals surface area contributed by atoms with Gasteiger partial charge in [0.1, 0.15) is 0 Å². The quantitative estimate of drug-likeness (QED) is 0.103. The van der Waals surface area contributed by atoms with Crippen LogP contribution in [-0.2, 0) is 9.46 Å². The molecular weight excluding hydrogens is 529 g/mol. The molecule has 1 atom stereocenters. The summed E-state index contributed by atoms with van der Waals surface area (Å²) in [6.07, 6.45) is 2.54. The molecule has 38 heavy (non-hydrogen) atoms. The second-order valence-corrected chi connectivity index (χ2v) is 14.6. The van der Waals surface area contributed by atoms with Crippen LogP contribution < -0.4 is 31.9 Å². The Morgan fingerprint density at radius 2 is 1.47 bits per heavy atom. The summed E-state index contributed by atoms with van der Waals surface area (Å²) in [6.45, 7) is 12.7. The number of hydrogen-bond acceptors (Lipinski definition) is 5. The van der Waals surface area contributed by atoms with E-state index < -0.39 is 8.32 Å². The summed E-state index contributed by atoms with van der Waals surface area (Å²) < 4.78 is 6.96. The standard InChI is InChI=1S/C28H40N6OS2Si/c1-6-29-26(36)33-31-21(3)24(32-34-27(37)30-7-2)18-13-14-20-35-38(22-15-9-8-10-16-22)25-19-12-11-17-23(25)28(38,4)5/h8-12,15-17,19H,6-7,13-14,18,20H2,1-5H3,(H2,29,33,36)(H2,30,34,37)/b31-21+,32-24-. The van der Waals surface area contributed by atoms with E-state index in [-0.39, 0.29) is 5.04 Å². The molecule has 1 unspecified atom stereocenters. The highest BCUT2D eigenvalue weighted by atomic mass is 32.1. The molecule has 0 fully saturated rings. The van der Waals surface area contributed by atoms with E-state index in [0.717, 1.165) is 43.8 Å². The van der Waals surface area contributed by atoms with Gasteiger partial charge in [0.05, 0.1) is 11.4 Å². The van der Waals surface area contributed by atoms with Crippen LogP contribution in [0.15, 0.2) is 64.8 Å². The molecule has 0 saturated carbocycles. The maximum absolute atomic E-state index is 6.96. The van der Waals surface area contributed by atoms with E-state index in [4.69, 9.17) is 28.9 Å². The van der Waals surface area contributed by atoms with Crippen molar-refractivity contribution < 1.29 is 4.43 Å². The van der Waals surface area contributed by atoms with Crippen molar-refractivity contribution in [1.29, 1.82) is 0 Å². The summed E-state index contributed by atoms with van der Waals surface area (Å²) in [5.74, 6) is 0. The fourth-order valence-electron chi connectivity index (χ4n) is 4.98. The Kier molecular flexibility index (Phi) is 11.0. The highest BCUT2D eigenvalue weighted by Gasteiger charge is 2.62. The predicted molar refractivity (Wildman–Crippen MR) is 170 cm³/mol. The van der Waals surface area contributed by atoms with Gasteiger partial charge < -0.3 is 15.1 Å². The molecule has 0 amide bonds. The van der Waals surface area contributed by atoms with Gasteiger partial charge >= 0.3 is 0 Å². The molecule has 1 heterocycles. The van der Waals surface area contributed by atoms with Crippen LogP contribution in [0, 0.1) is 0 Å². The van der Waals surface area contributed by atoms with Crippen LogP contribution in [0.1, 0.15) is 59.4 Å². The number of thiocarbonyl (C=S) groups is 2. The highest BCUT2D eigenvalue weighted by molar-refractivity contribution is 7.80. The summed E-state index contributed by atoms with van der Waals surface area (Å²) in [4.78, 5) is 0. The van der Waals surface area contributed by atoms with E-state index in [1.165, 1.54) is 15.9 Å². The molecular formula is C28H40N6OS2Si. The molecule has 0 saturated heterocycles. The number of benzene rings is 2. The van der Waals surface area contributed by atoms with Crippen LogP contribution >= 0.6 is 24.4 Å². The minimum atomic E-state index is -2.36. The molecule has 0 aromatic heterocycles. The van der Waals surface area contributed by atoms with Crippen LogP contribution in [0.4, 0.5) is 0 Å². The minimum absolute atomic E-state index is 0.00329. The van der Waals surface area contributed by atoms with Gasteiger partial charge in [-0.3, -0.25) is 10.9 Å². The molecule has 3 rings (SSSR count). The first-order valence-corrected chi connectivity index (χ1v) is 16.0. The van der Waals surface area contributed by atoms with Gasteiger partial charge in [0, 0.05) is 24.7 Å². The van der Waals surface area contributed by atoms with Gasteiger partial charge in [-0.05, 0) is 80.4 Å². The van der Waals surface area contributed by atoms with E-state index in [1.807, 2.05) is 20.8 Å². The Bertz CT molecular complexity index is 1170. The third-order valence-corrected chi connectivity index (χ3v) is 12.4. The summed E-state index contributed by atoms with van der Waals surface area (Å²) in [5.41, 5.74) is 8.79. The summed E-state index contributed by atoms with van der Waals surface area (Å²) in [6, 6.07) is 19.6. The van der Waals surface area contributed by atoms with Crippen molar-refractivity contribution in [2.24, 2.45) is 10.2 Å². The second-order valence-electron chi connectivity index (χ2n) is 9.72. The third kappa shape index (κ3) is 6.66. The Balaban J connectivity index is 1.68. The first kappa shape index (κ1) is 29.9. The number of nitrogens with zero attached hydrogens (tertiary/aromatic N) is 2. The first-order valence-electron chi connectivity index (χ1n) is 13.3. The van der Waals surface area contributed by atoms with Crippen molar-refractivity contribution in [3.05, 3.63) is 60.2 Å². The predicted octanol–water partition coefficient (Wildman–Crippen LogP) is 3.46. The zero-order valence-electron chi connectivity index (χ0n) is 23.1. The Labute approximate surface area is 239 Å². The number of unbranched alkanes of at least 4 members (excludes halogenated alkanes) is 1. The summed E-state index contributed by atoms with van der Waals surface area (Å²) >= 11 is 10.5. The maximum atomic E-state index is 6.96. The van der Waals surface area contributed by atoms with E-state index in [9.17, 15) is 0 Å². The van der Waals surface area contributed by atoms with Gasteiger partial charge in [-0.25, -0.2) is 0 Å². The molecule has 1 aliphatic rings. The lowest BCUT2D eigenvalue weighted by Gasteiger charge is -2.55. The highest BCUT2D eigenvalue weighted by Crippen LogP contribution is 2.42. The molecule has 0 spiro atoms. The van der Waals surface area contributed by atoms with Gasteiger partial charge in [-0.1, -0.05) is 68.4 Å². The molecule has 2 aromatic carbocycles. The minimum Gasteiger partial charge on any atom is -0.407 e. The van der Waals surface area contributed by atoms with Crippen molar-refractivity contribution in [2.75, 3.05) is 19.7 Å². The normalized spacial score (nSPS) is 18.1. The topological polar surface area (TPSA) is 82.1 Å². The number of rotatable bonds is 12. The molecule has 2 aromatic rings. The van der Waals surface area contributed by atoms with Gasteiger partial charge in [-0.15, -0.1) is 0 Å². The lowest BCUT2D eigenvalue weighted by Crippen LogP contribution is -2.80. The molecule has 0 aliphatic carbocycles. The number of hydrazone groups is 2. The number of fused-ring (bicyclic) bond motifs is 1. The lowest BCUT2D eigenvalue weighted by atomic mass is 10.0. The third-order valence-electron chi connectivity index (χ3n) is 6.88. The van der Waals surface area contributed by atoms with Gasteiger partial charge in [-0.2, -0.15) is 10.2 Å². The first-order chi connectivity index (χ1) is 18.3. The summed E-state index contributed by atoms with van der Waals surface area (Å²) in [7, 11) is -2.36. The fourth-order valence-corrected chi connectivity index (χ4v) is 10.4. The summed E-state index contributed by atoms with van der Waals surface area (Å²) in [5, 5.41) is 18.7. The Morgan fingerprint density at radius 1 is 0.868 bits per heavy atom. The van der Waals surface area contributed by atoms with Gasteiger partial charge in [0.15, 0.2) is 10.2 Å². The second kappa shape index (κ2) is 13.9. The molecule has 7 nitrogen and oxygen atoms in total. The van der Waals surface area contributed by atoms with Crippen LogP contribution in [0.2, 0.25) is 0 Å².